The molecule has 25 heavy (non-hydrogen) atoms. The number of carbonyl (C=O) groups excluding carboxylic acids is 1. The highest BCUT2D eigenvalue weighted by Crippen LogP contribution is 2.22. The molecule has 0 saturated heterocycles. The van der Waals surface area contributed by atoms with E-state index in [1.165, 1.54) is 16.4 Å². The van der Waals surface area contributed by atoms with Crippen LogP contribution in [0.2, 0.25) is 0 Å². The van der Waals surface area contributed by atoms with E-state index in [1.807, 2.05) is 0 Å². The molecule has 0 aliphatic carbocycles. The number of aryl methyl sites for hydroxylation is 1. The molecule has 2 rings (SSSR count). The van der Waals surface area contributed by atoms with Crippen molar-refractivity contribution in [2.75, 3.05) is 0 Å². The van der Waals surface area contributed by atoms with Gasteiger partial charge in [0.25, 0.3) is 0 Å². The maximum atomic E-state index is 11.9. The van der Waals surface area contributed by atoms with Crippen LogP contribution in [-0.4, -0.2) is 32.0 Å². The van der Waals surface area contributed by atoms with Crippen molar-refractivity contribution in [3.63, 3.8) is 0 Å². The van der Waals surface area contributed by atoms with Gasteiger partial charge in [-0.3, -0.25) is 9.59 Å². The number of rotatable bonds is 7. The first-order chi connectivity index (χ1) is 11.7. The maximum Gasteiger partial charge on any atom is 0.325 e. The molecule has 0 radical (unpaired) electrons. The third-order valence-corrected chi connectivity index (χ3v) is 3.81. The normalized spacial score (nSPS) is 11.3. The zero-order valence-electron chi connectivity index (χ0n) is 14.8. The number of hydrogen-bond donors (Lipinski definition) is 2. The minimum absolute atomic E-state index is 0.0762. The average molecular weight is 344 g/mol. The predicted octanol–water partition coefficient (Wildman–Crippen LogP) is 1.91. The first-order valence-corrected chi connectivity index (χ1v) is 8.21. The quantitative estimate of drug-likeness (QED) is 0.800. The monoisotopic (exact) mass is 344 g/mol. The van der Waals surface area contributed by atoms with Crippen LogP contribution in [0.3, 0.4) is 0 Å². The van der Waals surface area contributed by atoms with Crippen molar-refractivity contribution in [1.29, 1.82) is 0 Å². The molecule has 0 saturated carbocycles. The number of carbonyl (C=O) groups is 2. The van der Waals surface area contributed by atoms with Gasteiger partial charge in [-0.05, 0) is 23.0 Å². The summed E-state index contributed by atoms with van der Waals surface area (Å²) in [4.78, 5) is 22.5. The third kappa shape index (κ3) is 6.02. The van der Waals surface area contributed by atoms with Crippen molar-refractivity contribution in [1.82, 2.24) is 20.3 Å². The van der Waals surface area contributed by atoms with Crippen molar-refractivity contribution in [3.05, 3.63) is 47.3 Å². The van der Waals surface area contributed by atoms with E-state index in [4.69, 9.17) is 5.11 Å². The predicted molar refractivity (Wildman–Crippen MR) is 93.0 cm³/mol. The molecule has 0 atom stereocenters. The number of amides is 1. The Hall–Kier alpha value is -2.70. The van der Waals surface area contributed by atoms with Crippen molar-refractivity contribution in [3.8, 4) is 0 Å². The maximum absolute atomic E-state index is 11.9. The fourth-order valence-corrected chi connectivity index (χ4v) is 2.34. The summed E-state index contributed by atoms with van der Waals surface area (Å²) in [5.41, 5.74) is 3.04. The zero-order valence-corrected chi connectivity index (χ0v) is 14.8. The SMILES string of the molecule is CC(C)(C)c1ccc(CCC(=O)NCc2cn(CC(=O)O)nn2)cc1. The van der Waals surface area contributed by atoms with Gasteiger partial charge < -0.3 is 10.4 Å². The van der Waals surface area contributed by atoms with E-state index in [2.05, 4.69) is 60.7 Å². The summed E-state index contributed by atoms with van der Waals surface area (Å²) in [6.07, 6.45) is 2.57. The van der Waals surface area contributed by atoms with Crippen molar-refractivity contribution >= 4 is 11.9 Å². The van der Waals surface area contributed by atoms with E-state index in [9.17, 15) is 9.59 Å². The van der Waals surface area contributed by atoms with Crippen LogP contribution in [0, 0.1) is 0 Å². The standard InChI is InChI=1S/C18H24N4O3/c1-18(2,3)14-7-4-13(5-8-14)6-9-16(23)19-10-15-11-22(21-20-15)12-17(24)25/h4-5,7-8,11H,6,9-10,12H2,1-3H3,(H,19,23)(H,24,25). The fraction of sp³-hybridized carbons (Fsp3) is 0.444. The lowest BCUT2D eigenvalue weighted by atomic mass is 9.86. The van der Waals surface area contributed by atoms with Gasteiger partial charge in [-0.2, -0.15) is 0 Å². The molecule has 7 nitrogen and oxygen atoms in total. The van der Waals surface area contributed by atoms with Gasteiger partial charge in [0.2, 0.25) is 5.91 Å². The highest BCUT2D eigenvalue weighted by Gasteiger charge is 2.13. The number of benzene rings is 1. The molecule has 0 spiro atoms. The highest BCUT2D eigenvalue weighted by molar-refractivity contribution is 5.76. The lowest BCUT2D eigenvalue weighted by Gasteiger charge is -2.19. The van der Waals surface area contributed by atoms with Gasteiger partial charge in [0.15, 0.2) is 0 Å². The summed E-state index contributed by atoms with van der Waals surface area (Å²) in [5, 5.41) is 19.0. The number of nitrogens with zero attached hydrogens (tertiary/aromatic N) is 3. The summed E-state index contributed by atoms with van der Waals surface area (Å²) in [6, 6.07) is 8.33. The number of hydrogen-bond acceptors (Lipinski definition) is 4. The van der Waals surface area contributed by atoms with E-state index in [0.29, 0.717) is 18.5 Å². The summed E-state index contributed by atoms with van der Waals surface area (Å²) in [7, 11) is 0. The number of aromatic nitrogens is 3. The minimum atomic E-state index is -0.988. The number of aliphatic carboxylic acids is 1. The van der Waals surface area contributed by atoms with E-state index in [1.54, 1.807) is 0 Å². The van der Waals surface area contributed by atoms with Crippen LogP contribution in [0.5, 0.6) is 0 Å². The third-order valence-electron chi connectivity index (χ3n) is 3.81. The molecule has 0 fully saturated rings. The molecular formula is C18H24N4O3. The molecule has 0 unspecified atom stereocenters. The molecule has 1 aromatic heterocycles. The highest BCUT2D eigenvalue weighted by atomic mass is 16.4. The molecule has 1 aromatic carbocycles. The van der Waals surface area contributed by atoms with Crippen molar-refractivity contribution in [2.24, 2.45) is 0 Å². The number of nitrogens with one attached hydrogen (secondary N) is 1. The van der Waals surface area contributed by atoms with Gasteiger partial charge in [0.05, 0.1) is 12.7 Å². The van der Waals surface area contributed by atoms with E-state index < -0.39 is 5.97 Å². The van der Waals surface area contributed by atoms with Crippen LogP contribution < -0.4 is 5.32 Å². The molecule has 2 aromatic rings. The van der Waals surface area contributed by atoms with Crippen LogP contribution in [0.25, 0.3) is 0 Å². The minimum Gasteiger partial charge on any atom is -0.480 e. The first-order valence-electron chi connectivity index (χ1n) is 8.21. The Bertz CT molecular complexity index is 730. The van der Waals surface area contributed by atoms with Crippen LogP contribution in [0.15, 0.2) is 30.5 Å². The second kappa shape index (κ2) is 7.92. The number of carboxylic acid groups (broad SMARTS) is 1. The summed E-state index contributed by atoms with van der Waals surface area (Å²) < 4.78 is 1.22. The van der Waals surface area contributed by atoms with Gasteiger partial charge in [-0.1, -0.05) is 50.3 Å². The Morgan fingerprint density at radius 3 is 2.48 bits per heavy atom. The molecule has 0 aliphatic rings. The summed E-state index contributed by atoms with van der Waals surface area (Å²) >= 11 is 0. The largest absolute Gasteiger partial charge is 0.480 e. The lowest BCUT2D eigenvalue weighted by Crippen LogP contribution is -2.23. The van der Waals surface area contributed by atoms with Crippen LogP contribution in [-0.2, 0) is 34.5 Å². The molecule has 1 heterocycles. The van der Waals surface area contributed by atoms with E-state index in [0.717, 1.165) is 5.56 Å². The van der Waals surface area contributed by atoms with E-state index >= 15 is 0 Å². The average Bonchev–Trinajstić information content (AvgIpc) is 2.97. The zero-order chi connectivity index (χ0) is 18.4. The topological polar surface area (TPSA) is 97.1 Å². The van der Waals surface area contributed by atoms with Gasteiger partial charge in [-0.25, -0.2) is 4.68 Å². The van der Waals surface area contributed by atoms with Gasteiger partial charge >= 0.3 is 5.97 Å². The Kier molecular flexibility index (Phi) is 5.90. The second-order valence-electron chi connectivity index (χ2n) is 7.02. The van der Waals surface area contributed by atoms with Gasteiger partial charge in [0, 0.05) is 6.42 Å². The molecule has 1 amide bonds. The summed E-state index contributed by atoms with van der Waals surface area (Å²) in [5.74, 6) is -1.06. The Balaban J connectivity index is 1.77. The van der Waals surface area contributed by atoms with Crippen LogP contribution in [0.4, 0.5) is 0 Å². The molecular weight excluding hydrogens is 320 g/mol. The van der Waals surface area contributed by atoms with Crippen LogP contribution >= 0.6 is 0 Å². The van der Waals surface area contributed by atoms with Crippen molar-refractivity contribution < 1.29 is 14.7 Å². The van der Waals surface area contributed by atoms with Crippen molar-refractivity contribution in [2.45, 2.75) is 52.1 Å². The van der Waals surface area contributed by atoms with Gasteiger partial charge in [0.1, 0.15) is 12.2 Å². The lowest BCUT2D eigenvalue weighted by molar-refractivity contribution is -0.138. The molecule has 0 aliphatic heterocycles. The fourth-order valence-electron chi connectivity index (χ4n) is 2.34. The Morgan fingerprint density at radius 1 is 1.20 bits per heavy atom. The van der Waals surface area contributed by atoms with Crippen LogP contribution in [0.1, 0.15) is 44.0 Å². The molecule has 0 bridgehead atoms. The molecule has 2 N–H and O–H groups in total. The smallest absolute Gasteiger partial charge is 0.325 e. The molecule has 134 valence electrons. The Labute approximate surface area is 147 Å². The molecule has 7 heteroatoms. The van der Waals surface area contributed by atoms with Gasteiger partial charge in [-0.15, -0.1) is 5.10 Å². The Morgan fingerprint density at radius 2 is 1.88 bits per heavy atom. The van der Waals surface area contributed by atoms with E-state index in [-0.39, 0.29) is 24.4 Å². The second-order valence-corrected chi connectivity index (χ2v) is 7.02. The summed E-state index contributed by atoms with van der Waals surface area (Å²) in [6.45, 7) is 6.50. The first kappa shape index (κ1) is 18.6. The number of carboxylic acids is 1.